The number of nitrogens with two attached hydrogens (primary N) is 1. The van der Waals surface area contributed by atoms with Crippen molar-refractivity contribution in [2.24, 2.45) is 5.73 Å². The summed E-state index contributed by atoms with van der Waals surface area (Å²) in [5.74, 6) is -1.96. The highest BCUT2D eigenvalue weighted by atomic mass is 16.5. The van der Waals surface area contributed by atoms with Crippen molar-refractivity contribution < 1.29 is 23.9 Å². The maximum Gasteiger partial charge on any atom is 0.334 e. The van der Waals surface area contributed by atoms with E-state index in [-0.39, 0.29) is 19.6 Å². The highest BCUT2D eigenvalue weighted by molar-refractivity contribution is 6.10. The van der Waals surface area contributed by atoms with Crippen LogP contribution in [-0.4, -0.2) is 36.5 Å². The summed E-state index contributed by atoms with van der Waals surface area (Å²) in [6.45, 7) is 5.82. The van der Waals surface area contributed by atoms with E-state index in [2.05, 4.69) is 6.92 Å². The number of ketones is 1. The first-order chi connectivity index (χ1) is 14.4. The molecule has 0 saturated carbocycles. The van der Waals surface area contributed by atoms with Gasteiger partial charge in [0.05, 0.1) is 19.6 Å². The van der Waals surface area contributed by atoms with Crippen LogP contribution >= 0.6 is 0 Å². The van der Waals surface area contributed by atoms with E-state index in [1.165, 1.54) is 64.2 Å². The van der Waals surface area contributed by atoms with Gasteiger partial charge in [0.1, 0.15) is 0 Å². The molecule has 0 aliphatic rings. The standard InChI is InChI=1S/C24H45NO5/c1-4-7-8-9-10-11-12-13-14-15-16-17-18-19-21(26)24(25,23(28)30-6-3)20-22(27)29-5-2/h4-20,25H2,1-3H3. The summed E-state index contributed by atoms with van der Waals surface area (Å²) in [6.07, 6.45) is 15.4. The van der Waals surface area contributed by atoms with Gasteiger partial charge in [0.2, 0.25) is 0 Å². The topological polar surface area (TPSA) is 95.7 Å². The van der Waals surface area contributed by atoms with Crippen molar-refractivity contribution in [3.63, 3.8) is 0 Å². The van der Waals surface area contributed by atoms with Gasteiger partial charge in [0, 0.05) is 6.42 Å². The number of carbonyl (C=O) groups excluding carboxylic acids is 3. The number of Topliss-reactive ketones (excluding diaryl/α,β-unsaturated/α-hetero) is 1. The molecule has 30 heavy (non-hydrogen) atoms. The summed E-state index contributed by atoms with van der Waals surface area (Å²) < 4.78 is 9.79. The van der Waals surface area contributed by atoms with Crippen LogP contribution in [0.2, 0.25) is 0 Å². The number of esters is 2. The Morgan fingerprint density at radius 2 is 1.10 bits per heavy atom. The van der Waals surface area contributed by atoms with Crippen LogP contribution in [0.1, 0.15) is 117 Å². The average Bonchev–Trinajstić information content (AvgIpc) is 2.71. The largest absolute Gasteiger partial charge is 0.466 e. The van der Waals surface area contributed by atoms with E-state index in [9.17, 15) is 14.4 Å². The minimum Gasteiger partial charge on any atom is -0.466 e. The highest BCUT2D eigenvalue weighted by Crippen LogP contribution is 2.18. The molecule has 0 radical (unpaired) electrons. The van der Waals surface area contributed by atoms with Gasteiger partial charge in [-0.15, -0.1) is 0 Å². The van der Waals surface area contributed by atoms with Gasteiger partial charge >= 0.3 is 11.9 Å². The van der Waals surface area contributed by atoms with Crippen LogP contribution in [0.3, 0.4) is 0 Å². The predicted molar refractivity (Wildman–Crippen MR) is 120 cm³/mol. The zero-order valence-corrected chi connectivity index (χ0v) is 19.6. The minimum atomic E-state index is -1.95. The monoisotopic (exact) mass is 427 g/mol. The van der Waals surface area contributed by atoms with Gasteiger partial charge < -0.3 is 15.2 Å². The van der Waals surface area contributed by atoms with Gasteiger partial charge in [-0.05, 0) is 20.3 Å². The van der Waals surface area contributed by atoms with E-state index in [4.69, 9.17) is 15.2 Å². The SMILES string of the molecule is CCCCCCCCCCCCCCCC(=O)C(N)(CC(=O)OCC)C(=O)OCC. The van der Waals surface area contributed by atoms with Crippen LogP contribution in [0.25, 0.3) is 0 Å². The van der Waals surface area contributed by atoms with Crippen LogP contribution < -0.4 is 5.73 Å². The normalized spacial score (nSPS) is 12.9. The third kappa shape index (κ3) is 13.0. The number of carbonyl (C=O) groups is 3. The lowest BCUT2D eigenvalue weighted by molar-refractivity contribution is -0.159. The zero-order valence-electron chi connectivity index (χ0n) is 19.6. The van der Waals surface area contributed by atoms with Crippen LogP contribution in [0.4, 0.5) is 0 Å². The highest BCUT2D eigenvalue weighted by Gasteiger charge is 2.45. The molecule has 6 nitrogen and oxygen atoms in total. The number of hydrogen-bond donors (Lipinski definition) is 1. The molecule has 0 saturated heterocycles. The van der Waals surface area contributed by atoms with Gasteiger partial charge in [-0.1, -0.05) is 84.0 Å². The maximum atomic E-state index is 12.6. The predicted octanol–water partition coefficient (Wildman–Crippen LogP) is 5.25. The Kier molecular flexibility index (Phi) is 17.5. The van der Waals surface area contributed by atoms with Crippen LogP contribution in [0.15, 0.2) is 0 Å². The lowest BCUT2D eigenvalue weighted by Crippen LogP contribution is -2.57. The first-order valence-electron chi connectivity index (χ1n) is 12.1. The molecule has 0 aromatic rings. The van der Waals surface area contributed by atoms with Gasteiger partial charge in [0.15, 0.2) is 11.3 Å². The fraction of sp³-hybridized carbons (Fsp3) is 0.875. The molecule has 0 aromatic carbocycles. The Balaban J connectivity index is 4.03. The second kappa shape index (κ2) is 18.3. The summed E-state index contributed by atoms with van der Waals surface area (Å²) in [5.41, 5.74) is 4.08. The molecule has 2 N–H and O–H groups in total. The van der Waals surface area contributed by atoms with Crippen molar-refractivity contribution in [1.29, 1.82) is 0 Å². The molecular weight excluding hydrogens is 382 g/mol. The van der Waals surface area contributed by atoms with Crippen molar-refractivity contribution in [3.05, 3.63) is 0 Å². The van der Waals surface area contributed by atoms with Gasteiger partial charge in [-0.3, -0.25) is 9.59 Å². The van der Waals surface area contributed by atoms with Crippen molar-refractivity contribution >= 4 is 17.7 Å². The van der Waals surface area contributed by atoms with Crippen molar-refractivity contribution in [2.75, 3.05) is 13.2 Å². The Bertz CT molecular complexity index is 480. The molecule has 0 aliphatic carbocycles. The van der Waals surface area contributed by atoms with E-state index in [0.29, 0.717) is 6.42 Å². The molecule has 0 aromatic heterocycles. The van der Waals surface area contributed by atoms with Gasteiger partial charge in [0.25, 0.3) is 0 Å². The molecule has 1 atom stereocenters. The second-order valence-corrected chi connectivity index (χ2v) is 8.09. The number of unbranched alkanes of at least 4 members (excludes halogenated alkanes) is 12. The molecule has 6 heteroatoms. The number of hydrogen-bond acceptors (Lipinski definition) is 6. The summed E-state index contributed by atoms with van der Waals surface area (Å²) in [4.78, 5) is 36.6. The summed E-state index contributed by atoms with van der Waals surface area (Å²) in [7, 11) is 0. The molecular formula is C24H45NO5. The fourth-order valence-corrected chi connectivity index (χ4v) is 3.51. The van der Waals surface area contributed by atoms with Crippen LogP contribution in [0.5, 0.6) is 0 Å². The third-order valence-electron chi connectivity index (χ3n) is 5.37. The van der Waals surface area contributed by atoms with Gasteiger partial charge in [-0.25, -0.2) is 4.79 Å². The van der Waals surface area contributed by atoms with E-state index < -0.39 is 29.7 Å². The molecule has 0 aliphatic heterocycles. The molecule has 176 valence electrons. The van der Waals surface area contributed by atoms with E-state index in [1.54, 1.807) is 13.8 Å². The first-order valence-corrected chi connectivity index (χ1v) is 12.1. The Morgan fingerprint density at radius 1 is 0.667 bits per heavy atom. The molecule has 0 bridgehead atoms. The molecule has 0 spiro atoms. The lowest BCUT2D eigenvalue weighted by atomic mass is 9.88. The van der Waals surface area contributed by atoms with E-state index in [0.717, 1.165) is 12.8 Å². The van der Waals surface area contributed by atoms with Crippen LogP contribution in [0, 0.1) is 0 Å². The van der Waals surface area contributed by atoms with Crippen LogP contribution in [-0.2, 0) is 23.9 Å². The van der Waals surface area contributed by atoms with Crippen molar-refractivity contribution in [2.45, 2.75) is 123 Å². The minimum absolute atomic E-state index is 0.104. The zero-order chi connectivity index (χ0) is 22.7. The Labute approximate surface area is 183 Å². The summed E-state index contributed by atoms with van der Waals surface area (Å²) in [6, 6.07) is 0. The average molecular weight is 428 g/mol. The van der Waals surface area contributed by atoms with Crippen molar-refractivity contribution in [3.8, 4) is 0 Å². The molecule has 0 amide bonds. The Morgan fingerprint density at radius 3 is 1.53 bits per heavy atom. The number of rotatable bonds is 20. The summed E-state index contributed by atoms with van der Waals surface area (Å²) in [5, 5.41) is 0. The quantitative estimate of drug-likeness (QED) is 0.162. The summed E-state index contributed by atoms with van der Waals surface area (Å²) >= 11 is 0. The molecule has 0 fully saturated rings. The fourth-order valence-electron chi connectivity index (χ4n) is 3.51. The molecule has 0 rings (SSSR count). The first kappa shape index (κ1) is 28.6. The molecule has 0 heterocycles. The van der Waals surface area contributed by atoms with E-state index in [1.807, 2.05) is 0 Å². The number of ether oxygens (including phenoxy) is 2. The second-order valence-electron chi connectivity index (χ2n) is 8.09. The smallest absolute Gasteiger partial charge is 0.334 e. The molecule has 1 unspecified atom stereocenters. The third-order valence-corrected chi connectivity index (χ3v) is 5.37. The van der Waals surface area contributed by atoms with Gasteiger partial charge in [-0.2, -0.15) is 0 Å². The lowest BCUT2D eigenvalue weighted by Gasteiger charge is -2.24. The maximum absolute atomic E-state index is 12.6. The van der Waals surface area contributed by atoms with E-state index >= 15 is 0 Å². The Hall–Kier alpha value is -1.43. The van der Waals surface area contributed by atoms with Crippen molar-refractivity contribution in [1.82, 2.24) is 0 Å².